The molecule has 1 aromatic heterocycles. The molecule has 1 aromatic carbocycles. The number of carbonyl (C=O) groups is 1. The molecule has 26 heavy (non-hydrogen) atoms. The van der Waals surface area contributed by atoms with E-state index in [0.717, 1.165) is 37.1 Å². The maximum absolute atomic E-state index is 11.4. The number of nitrogens with one attached hydrogen (secondary N) is 1. The molecule has 1 aliphatic rings. The average molecular weight is 376 g/mol. The number of anilines is 2. The molecule has 0 radical (unpaired) electrons. The highest BCUT2D eigenvalue weighted by Gasteiger charge is 2.25. The van der Waals surface area contributed by atoms with Gasteiger partial charge in [-0.3, -0.25) is 4.79 Å². The predicted octanol–water partition coefficient (Wildman–Crippen LogP) is 3.13. The predicted molar refractivity (Wildman–Crippen MR) is 102 cm³/mol. The van der Waals surface area contributed by atoms with Crippen LogP contribution < -0.4 is 15.0 Å². The number of pyridine rings is 1. The van der Waals surface area contributed by atoms with Gasteiger partial charge in [0, 0.05) is 13.1 Å². The van der Waals surface area contributed by atoms with Gasteiger partial charge >= 0.3 is 0 Å². The number of aliphatic hydroxyl groups excluding tert-OH is 1. The van der Waals surface area contributed by atoms with E-state index in [9.17, 15) is 9.90 Å². The fourth-order valence-electron chi connectivity index (χ4n) is 3.19. The number of hydrogen-bond acceptors (Lipinski definition) is 6. The van der Waals surface area contributed by atoms with Gasteiger partial charge < -0.3 is 20.1 Å². The zero-order valence-corrected chi connectivity index (χ0v) is 15.4. The number of aromatic nitrogens is 1. The molecule has 0 aliphatic carbocycles. The molecule has 0 saturated carbocycles. The van der Waals surface area contributed by atoms with Gasteiger partial charge in [0.05, 0.1) is 30.3 Å². The second-order valence-electron chi connectivity index (χ2n) is 6.22. The van der Waals surface area contributed by atoms with Gasteiger partial charge in [0.15, 0.2) is 6.29 Å². The maximum atomic E-state index is 11.4. The molecule has 1 fully saturated rings. The lowest BCUT2D eigenvalue weighted by atomic mass is 10.2. The summed E-state index contributed by atoms with van der Waals surface area (Å²) >= 11 is 6.16. The number of benzene rings is 1. The normalized spacial score (nSPS) is 16.6. The van der Waals surface area contributed by atoms with E-state index in [1.54, 1.807) is 19.2 Å². The third kappa shape index (κ3) is 3.92. The van der Waals surface area contributed by atoms with Crippen molar-refractivity contribution in [3.63, 3.8) is 0 Å². The Bertz CT molecular complexity index is 785. The topological polar surface area (TPSA) is 74.7 Å². The number of aliphatic hydroxyl groups is 1. The molecule has 0 amide bonds. The minimum absolute atomic E-state index is 0.0813. The summed E-state index contributed by atoms with van der Waals surface area (Å²) in [5, 5.41) is 13.3. The van der Waals surface area contributed by atoms with Crippen molar-refractivity contribution in [1.82, 2.24) is 4.98 Å². The second-order valence-corrected chi connectivity index (χ2v) is 6.63. The minimum atomic E-state index is 0.0813. The Morgan fingerprint density at radius 3 is 2.96 bits per heavy atom. The Kier molecular flexibility index (Phi) is 5.96. The van der Waals surface area contributed by atoms with E-state index in [1.807, 2.05) is 18.2 Å². The number of carbonyl (C=O) groups excluding carboxylic acids is 1. The van der Waals surface area contributed by atoms with Gasteiger partial charge in [0.1, 0.15) is 17.4 Å². The van der Waals surface area contributed by atoms with Crippen LogP contribution in [-0.2, 0) is 6.54 Å². The first kappa shape index (κ1) is 18.5. The fourth-order valence-corrected chi connectivity index (χ4v) is 3.47. The highest BCUT2D eigenvalue weighted by atomic mass is 35.5. The van der Waals surface area contributed by atoms with Crippen LogP contribution in [0.3, 0.4) is 0 Å². The number of rotatable bonds is 7. The van der Waals surface area contributed by atoms with Crippen LogP contribution in [0.25, 0.3) is 0 Å². The molecule has 3 rings (SSSR count). The first-order chi connectivity index (χ1) is 12.7. The summed E-state index contributed by atoms with van der Waals surface area (Å²) in [6, 6.07) is 9.20. The van der Waals surface area contributed by atoms with Crippen LogP contribution >= 0.6 is 11.6 Å². The lowest BCUT2D eigenvalue weighted by Gasteiger charge is -2.25. The van der Waals surface area contributed by atoms with Gasteiger partial charge in [-0.1, -0.05) is 17.7 Å². The van der Waals surface area contributed by atoms with Crippen molar-refractivity contribution in [1.29, 1.82) is 0 Å². The second kappa shape index (κ2) is 8.38. The molecule has 7 heteroatoms. The Labute approximate surface area is 157 Å². The standard InChI is InChI=1S/C19H22ClN3O3/c1-26-17-6-4-13(9-16(17)20)10-21-19-14(11-24)5-7-18(22-19)23-8-2-3-15(23)12-25/h4-7,9,11,15,25H,2-3,8,10,12H2,1H3,(H,21,22)/t15-/m0/s1. The molecule has 0 spiro atoms. The van der Waals surface area contributed by atoms with Gasteiger partial charge in [-0.15, -0.1) is 0 Å². The summed E-state index contributed by atoms with van der Waals surface area (Å²) in [5.74, 6) is 1.91. The van der Waals surface area contributed by atoms with Gasteiger partial charge in [0.25, 0.3) is 0 Å². The maximum Gasteiger partial charge on any atom is 0.153 e. The summed E-state index contributed by atoms with van der Waals surface area (Å²) in [6.07, 6.45) is 2.75. The third-order valence-electron chi connectivity index (χ3n) is 4.60. The van der Waals surface area contributed by atoms with Gasteiger partial charge in [-0.2, -0.15) is 0 Å². The van der Waals surface area contributed by atoms with E-state index >= 15 is 0 Å². The van der Waals surface area contributed by atoms with Gasteiger partial charge in [-0.25, -0.2) is 4.98 Å². The summed E-state index contributed by atoms with van der Waals surface area (Å²) in [5.41, 5.74) is 1.45. The zero-order valence-electron chi connectivity index (χ0n) is 14.6. The van der Waals surface area contributed by atoms with Crippen molar-refractivity contribution in [2.45, 2.75) is 25.4 Å². The van der Waals surface area contributed by atoms with Crippen LogP contribution in [0.2, 0.25) is 5.02 Å². The third-order valence-corrected chi connectivity index (χ3v) is 4.89. The monoisotopic (exact) mass is 375 g/mol. The van der Waals surface area contributed by atoms with E-state index in [2.05, 4.69) is 15.2 Å². The van der Waals surface area contributed by atoms with Gasteiger partial charge in [0.2, 0.25) is 0 Å². The molecule has 1 saturated heterocycles. The van der Waals surface area contributed by atoms with E-state index in [4.69, 9.17) is 16.3 Å². The van der Waals surface area contributed by atoms with Gasteiger partial charge in [-0.05, 0) is 42.7 Å². The fraction of sp³-hybridized carbons (Fsp3) is 0.368. The Morgan fingerprint density at radius 2 is 2.27 bits per heavy atom. The molecule has 138 valence electrons. The lowest BCUT2D eigenvalue weighted by Crippen LogP contribution is -2.32. The molecule has 2 N–H and O–H groups in total. The van der Waals surface area contributed by atoms with Crippen LogP contribution in [-0.4, -0.2) is 42.7 Å². The molecular formula is C19H22ClN3O3. The number of methoxy groups -OCH3 is 1. The summed E-state index contributed by atoms with van der Waals surface area (Å²) < 4.78 is 5.16. The molecule has 1 atom stereocenters. The number of halogens is 1. The van der Waals surface area contributed by atoms with Crippen LogP contribution in [0.15, 0.2) is 30.3 Å². The first-order valence-corrected chi connectivity index (χ1v) is 8.94. The largest absolute Gasteiger partial charge is 0.495 e. The van der Waals surface area contributed by atoms with Crippen molar-refractivity contribution in [3.8, 4) is 5.75 Å². The van der Waals surface area contributed by atoms with E-state index < -0.39 is 0 Å². The zero-order chi connectivity index (χ0) is 18.5. The number of ether oxygens (including phenoxy) is 1. The molecule has 0 bridgehead atoms. The highest BCUT2D eigenvalue weighted by Crippen LogP contribution is 2.27. The van der Waals surface area contributed by atoms with Crippen molar-refractivity contribution in [2.75, 3.05) is 30.5 Å². The van der Waals surface area contributed by atoms with Crippen LogP contribution in [0, 0.1) is 0 Å². The minimum Gasteiger partial charge on any atom is -0.495 e. The molecular weight excluding hydrogens is 354 g/mol. The number of aldehydes is 1. The number of hydrogen-bond donors (Lipinski definition) is 2. The Morgan fingerprint density at radius 1 is 1.42 bits per heavy atom. The highest BCUT2D eigenvalue weighted by molar-refractivity contribution is 6.32. The molecule has 6 nitrogen and oxygen atoms in total. The SMILES string of the molecule is COc1ccc(CNc2nc(N3CCC[C@H]3CO)ccc2C=O)cc1Cl. The van der Waals surface area contributed by atoms with Crippen molar-refractivity contribution < 1.29 is 14.6 Å². The molecule has 2 heterocycles. The van der Waals surface area contributed by atoms with Crippen molar-refractivity contribution >= 4 is 29.5 Å². The lowest BCUT2D eigenvalue weighted by molar-refractivity contribution is 0.112. The number of nitrogens with zero attached hydrogens (tertiary/aromatic N) is 2. The summed E-state index contributed by atoms with van der Waals surface area (Å²) in [4.78, 5) is 18.1. The quantitative estimate of drug-likeness (QED) is 0.724. The Hall–Kier alpha value is -2.31. The van der Waals surface area contributed by atoms with E-state index in [-0.39, 0.29) is 12.6 Å². The summed E-state index contributed by atoms with van der Waals surface area (Å²) in [6.45, 7) is 1.43. The molecule has 1 aliphatic heterocycles. The van der Waals surface area contributed by atoms with E-state index in [0.29, 0.717) is 28.7 Å². The average Bonchev–Trinajstić information content (AvgIpc) is 3.15. The van der Waals surface area contributed by atoms with Crippen molar-refractivity contribution in [3.05, 3.63) is 46.5 Å². The smallest absolute Gasteiger partial charge is 0.153 e. The summed E-state index contributed by atoms with van der Waals surface area (Å²) in [7, 11) is 1.57. The van der Waals surface area contributed by atoms with Crippen molar-refractivity contribution in [2.24, 2.45) is 0 Å². The first-order valence-electron chi connectivity index (χ1n) is 8.56. The van der Waals surface area contributed by atoms with E-state index in [1.165, 1.54) is 0 Å². The molecule has 0 unspecified atom stereocenters. The molecule has 2 aromatic rings. The van der Waals surface area contributed by atoms with Crippen LogP contribution in [0.1, 0.15) is 28.8 Å². The van der Waals surface area contributed by atoms with Crippen LogP contribution in [0.5, 0.6) is 5.75 Å². The Balaban J connectivity index is 1.79. The van der Waals surface area contributed by atoms with Crippen LogP contribution in [0.4, 0.5) is 11.6 Å².